The van der Waals surface area contributed by atoms with E-state index in [0.29, 0.717) is 12.3 Å². The zero-order valence-electron chi connectivity index (χ0n) is 8.32. The van der Waals surface area contributed by atoms with E-state index in [0.717, 1.165) is 5.56 Å². The minimum Gasteiger partial charge on any atom is -0.481 e. The fourth-order valence-corrected chi connectivity index (χ4v) is 1.08. The van der Waals surface area contributed by atoms with Gasteiger partial charge in [0.1, 0.15) is 6.61 Å². The maximum atomic E-state index is 11.2. The number of carbonyl (C=O) groups is 1. The van der Waals surface area contributed by atoms with E-state index in [-0.39, 0.29) is 12.4 Å². The van der Waals surface area contributed by atoms with Crippen LogP contribution < -0.4 is 4.74 Å². The lowest BCUT2D eigenvalue weighted by Crippen LogP contribution is -2.09. The van der Waals surface area contributed by atoms with Crippen LogP contribution in [0.25, 0.3) is 0 Å². The van der Waals surface area contributed by atoms with Crippen LogP contribution in [0, 0.1) is 0 Å². The number of carbonyl (C=O) groups excluding carboxylic acids is 1. The second-order valence-electron chi connectivity index (χ2n) is 2.86. The van der Waals surface area contributed by atoms with E-state index in [1.54, 1.807) is 19.4 Å². The quantitative estimate of drug-likeness (QED) is 0.698. The maximum absolute atomic E-state index is 11.2. The third-order valence-corrected chi connectivity index (χ3v) is 1.71. The van der Waals surface area contributed by atoms with E-state index in [1.165, 1.54) is 7.11 Å². The van der Waals surface area contributed by atoms with Gasteiger partial charge in [-0.15, -0.1) is 0 Å². The lowest BCUT2D eigenvalue weighted by Gasteiger charge is -2.01. The summed E-state index contributed by atoms with van der Waals surface area (Å²) in [7, 11) is 3.06. The van der Waals surface area contributed by atoms with Gasteiger partial charge in [0.05, 0.1) is 7.11 Å². The van der Waals surface area contributed by atoms with Crippen molar-refractivity contribution in [3.63, 3.8) is 0 Å². The normalized spacial score (nSPS) is 9.86. The highest BCUT2D eigenvalue weighted by molar-refractivity contribution is 5.81. The van der Waals surface area contributed by atoms with Crippen molar-refractivity contribution in [2.45, 2.75) is 6.42 Å². The number of nitrogens with zero attached hydrogens (tertiary/aromatic N) is 1. The first kappa shape index (κ1) is 10.7. The molecule has 1 aromatic heterocycles. The van der Waals surface area contributed by atoms with Gasteiger partial charge >= 0.3 is 0 Å². The number of methoxy groups -OCH3 is 2. The van der Waals surface area contributed by atoms with Crippen molar-refractivity contribution in [3.05, 3.63) is 23.9 Å². The van der Waals surface area contributed by atoms with Crippen LogP contribution in [0.15, 0.2) is 18.3 Å². The Bertz CT molecular complexity index is 295. The number of ether oxygens (including phenoxy) is 2. The van der Waals surface area contributed by atoms with Gasteiger partial charge in [0.15, 0.2) is 5.78 Å². The molecule has 0 spiro atoms. The van der Waals surface area contributed by atoms with Crippen LogP contribution in [0.2, 0.25) is 0 Å². The van der Waals surface area contributed by atoms with E-state index in [4.69, 9.17) is 9.47 Å². The van der Waals surface area contributed by atoms with Crippen molar-refractivity contribution in [2.24, 2.45) is 0 Å². The number of hydrogen-bond donors (Lipinski definition) is 0. The molecule has 0 saturated carbocycles. The number of ketones is 1. The van der Waals surface area contributed by atoms with Crippen LogP contribution in [0.5, 0.6) is 5.88 Å². The molecule has 0 bridgehead atoms. The molecule has 1 heterocycles. The number of rotatable bonds is 5. The smallest absolute Gasteiger partial charge is 0.212 e. The Kier molecular flexibility index (Phi) is 4.07. The highest BCUT2D eigenvalue weighted by Gasteiger charge is 2.03. The average Bonchev–Trinajstić information content (AvgIpc) is 2.19. The fraction of sp³-hybridized carbons (Fsp3) is 0.400. The van der Waals surface area contributed by atoms with Crippen LogP contribution in [0.1, 0.15) is 5.56 Å². The third kappa shape index (κ3) is 3.14. The van der Waals surface area contributed by atoms with Gasteiger partial charge in [-0.3, -0.25) is 4.79 Å². The van der Waals surface area contributed by atoms with Crippen molar-refractivity contribution in [3.8, 4) is 5.88 Å². The van der Waals surface area contributed by atoms with Crippen molar-refractivity contribution < 1.29 is 14.3 Å². The Labute approximate surface area is 82.9 Å². The molecule has 0 atom stereocenters. The van der Waals surface area contributed by atoms with Crippen molar-refractivity contribution in [2.75, 3.05) is 20.8 Å². The highest BCUT2D eigenvalue weighted by atomic mass is 16.5. The molecular formula is C10H13NO3. The summed E-state index contributed by atoms with van der Waals surface area (Å²) in [5.74, 6) is 0.590. The Morgan fingerprint density at radius 3 is 2.71 bits per heavy atom. The molecule has 0 aliphatic carbocycles. The summed E-state index contributed by atoms with van der Waals surface area (Å²) in [6.45, 7) is 0.145. The number of aromatic nitrogens is 1. The molecule has 0 unspecified atom stereocenters. The van der Waals surface area contributed by atoms with Gasteiger partial charge in [0, 0.05) is 25.8 Å². The Hall–Kier alpha value is -1.42. The molecule has 0 amide bonds. The number of pyridine rings is 1. The molecule has 1 aromatic rings. The second kappa shape index (κ2) is 5.34. The summed E-state index contributed by atoms with van der Waals surface area (Å²) in [6, 6.07) is 3.55. The van der Waals surface area contributed by atoms with Gasteiger partial charge < -0.3 is 9.47 Å². The van der Waals surface area contributed by atoms with E-state index in [2.05, 4.69) is 4.98 Å². The number of hydrogen-bond acceptors (Lipinski definition) is 4. The fourth-order valence-electron chi connectivity index (χ4n) is 1.08. The molecule has 0 aliphatic heterocycles. The third-order valence-electron chi connectivity index (χ3n) is 1.71. The van der Waals surface area contributed by atoms with Gasteiger partial charge in [0.25, 0.3) is 0 Å². The van der Waals surface area contributed by atoms with Crippen molar-refractivity contribution in [1.82, 2.24) is 4.98 Å². The Morgan fingerprint density at radius 2 is 2.21 bits per heavy atom. The summed E-state index contributed by atoms with van der Waals surface area (Å²) in [4.78, 5) is 15.2. The second-order valence-corrected chi connectivity index (χ2v) is 2.86. The lowest BCUT2D eigenvalue weighted by atomic mass is 10.1. The van der Waals surface area contributed by atoms with Crippen molar-refractivity contribution in [1.29, 1.82) is 0 Å². The summed E-state index contributed by atoms with van der Waals surface area (Å²) in [6.07, 6.45) is 1.98. The molecule has 0 saturated heterocycles. The first-order chi connectivity index (χ1) is 6.76. The Morgan fingerprint density at radius 1 is 1.43 bits per heavy atom. The van der Waals surface area contributed by atoms with Crippen molar-refractivity contribution >= 4 is 5.78 Å². The molecule has 0 aromatic carbocycles. The highest BCUT2D eigenvalue weighted by Crippen LogP contribution is 2.07. The molecule has 4 heteroatoms. The molecule has 76 valence electrons. The Balaban J connectivity index is 2.55. The summed E-state index contributed by atoms with van der Waals surface area (Å²) >= 11 is 0. The maximum Gasteiger partial charge on any atom is 0.212 e. The number of Topliss-reactive ketones (excluding diaryl/α,β-unsaturated/α-hetero) is 1. The van der Waals surface area contributed by atoms with Crippen LogP contribution in [-0.4, -0.2) is 31.6 Å². The van der Waals surface area contributed by atoms with Gasteiger partial charge in [-0.2, -0.15) is 0 Å². The summed E-state index contributed by atoms with van der Waals surface area (Å²) in [5.41, 5.74) is 0.868. The lowest BCUT2D eigenvalue weighted by molar-refractivity contribution is -0.121. The molecule has 0 radical (unpaired) electrons. The standard InChI is InChI=1S/C10H13NO3/c1-13-7-9(12)5-8-3-4-10(14-2)11-6-8/h3-4,6H,5,7H2,1-2H3. The molecule has 1 rings (SSSR count). The van der Waals surface area contributed by atoms with E-state index in [1.807, 2.05) is 6.07 Å². The average molecular weight is 195 g/mol. The van der Waals surface area contributed by atoms with Gasteiger partial charge in [-0.05, 0) is 5.56 Å². The monoisotopic (exact) mass is 195 g/mol. The molecular weight excluding hydrogens is 182 g/mol. The minimum atomic E-state index is 0.0412. The largest absolute Gasteiger partial charge is 0.481 e. The van der Waals surface area contributed by atoms with E-state index in [9.17, 15) is 4.79 Å². The molecule has 0 aliphatic rings. The summed E-state index contributed by atoms with van der Waals surface area (Å²) < 4.78 is 9.63. The molecule has 0 N–H and O–H groups in total. The van der Waals surface area contributed by atoms with Crippen LogP contribution in [0.3, 0.4) is 0 Å². The van der Waals surface area contributed by atoms with Crippen LogP contribution in [-0.2, 0) is 16.0 Å². The zero-order valence-corrected chi connectivity index (χ0v) is 8.32. The first-order valence-electron chi connectivity index (χ1n) is 4.26. The predicted molar refractivity (Wildman–Crippen MR) is 51.4 cm³/mol. The summed E-state index contributed by atoms with van der Waals surface area (Å²) in [5, 5.41) is 0. The molecule has 14 heavy (non-hydrogen) atoms. The van der Waals surface area contributed by atoms with Gasteiger partial charge in [-0.1, -0.05) is 6.07 Å². The molecule has 4 nitrogen and oxygen atoms in total. The topological polar surface area (TPSA) is 48.4 Å². The van der Waals surface area contributed by atoms with Crippen LogP contribution >= 0.6 is 0 Å². The van der Waals surface area contributed by atoms with Gasteiger partial charge in [-0.25, -0.2) is 4.98 Å². The van der Waals surface area contributed by atoms with E-state index < -0.39 is 0 Å². The first-order valence-corrected chi connectivity index (χ1v) is 4.26. The van der Waals surface area contributed by atoms with Crippen LogP contribution in [0.4, 0.5) is 0 Å². The SMILES string of the molecule is COCC(=O)Cc1ccc(OC)nc1. The van der Waals surface area contributed by atoms with Gasteiger partial charge in [0.2, 0.25) is 5.88 Å². The zero-order chi connectivity index (χ0) is 10.4. The van der Waals surface area contributed by atoms with E-state index >= 15 is 0 Å². The molecule has 0 fully saturated rings. The minimum absolute atomic E-state index is 0.0412. The predicted octanol–water partition coefficient (Wildman–Crippen LogP) is 0.848.